The van der Waals surface area contributed by atoms with Crippen molar-refractivity contribution in [2.75, 3.05) is 4.90 Å². The van der Waals surface area contributed by atoms with Crippen LogP contribution in [0.4, 0.5) is 5.69 Å². The molecule has 1 aliphatic heterocycles. The first-order chi connectivity index (χ1) is 14.8. The molecule has 5 nitrogen and oxygen atoms in total. The van der Waals surface area contributed by atoms with Crippen molar-refractivity contribution >= 4 is 91.8 Å². The van der Waals surface area contributed by atoms with Gasteiger partial charge in [-0.15, -0.1) is 0 Å². The molecule has 0 bridgehead atoms. The quantitative estimate of drug-likeness (QED) is 0.232. The van der Waals surface area contributed by atoms with Crippen LogP contribution < -0.4 is 10.2 Å². The van der Waals surface area contributed by atoms with Gasteiger partial charge in [-0.25, -0.2) is 0 Å². The zero-order chi connectivity index (χ0) is 22.1. The molecular weight excluding hydrogens is 543 g/mol. The van der Waals surface area contributed by atoms with E-state index in [1.165, 1.54) is 22.7 Å². The minimum Gasteiger partial charge on any atom is -0.449 e. The highest BCUT2D eigenvalue weighted by Crippen LogP contribution is 2.37. The van der Waals surface area contributed by atoms with Crippen LogP contribution in [0.3, 0.4) is 0 Å². The van der Waals surface area contributed by atoms with Crippen LogP contribution in [0.5, 0.6) is 0 Å². The maximum Gasteiger partial charge on any atom is 0.270 e. The lowest BCUT2D eigenvalue weighted by Gasteiger charge is -2.28. The van der Waals surface area contributed by atoms with Crippen molar-refractivity contribution in [2.24, 2.45) is 0 Å². The molecule has 0 radical (unpaired) electrons. The predicted molar refractivity (Wildman–Crippen MR) is 130 cm³/mol. The molecule has 31 heavy (non-hydrogen) atoms. The summed E-state index contributed by atoms with van der Waals surface area (Å²) in [6.45, 7) is 0. The van der Waals surface area contributed by atoms with E-state index in [0.29, 0.717) is 31.1 Å². The van der Waals surface area contributed by atoms with Crippen LogP contribution in [0.15, 0.2) is 79.0 Å². The summed E-state index contributed by atoms with van der Waals surface area (Å²) in [7, 11) is 0. The van der Waals surface area contributed by atoms with Gasteiger partial charge in [0.2, 0.25) is 0 Å². The summed E-state index contributed by atoms with van der Waals surface area (Å²) in [5.41, 5.74) is 0.339. The van der Waals surface area contributed by atoms with E-state index in [-0.39, 0.29) is 10.7 Å². The Morgan fingerprint density at radius 1 is 1.06 bits per heavy atom. The van der Waals surface area contributed by atoms with E-state index in [1.807, 2.05) is 12.1 Å². The summed E-state index contributed by atoms with van der Waals surface area (Å²) < 4.78 is 6.52. The molecule has 4 rings (SSSR count). The fourth-order valence-electron chi connectivity index (χ4n) is 2.77. The Bertz CT molecular complexity index is 1240. The van der Waals surface area contributed by atoms with E-state index in [2.05, 4.69) is 21.2 Å². The molecule has 0 saturated carbocycles. The molecule has 1 aromatic heterocycles. The standard InChI is InChI=1S/C21H11BrCl2N2O3S2/c22-17-10-14(29-20(17)31-15-6-4-11(23)5-7-15)9-16-18(27)25-21(30)26(19(16)28)13-3-1-2-12(24)8-13/h1-10H,(H,25,27,30)/b16-9+. The number of furan rings is 1. The van der Waals surface area contributed by atoms with Gasteiger partial charge in [-0.05, 0) is 82.8 Å². The molecule has 2 amide bonds. The van der Waals surface area contributed by atoms with Crippen LogP contribution in [-0.4, -0.2) is 16.9 Å². The summed E-state index contributed by atoms with van der Waals surface area (Å²) in [4.78, 5) is 27.7. The van der Waals surface area contributed by atoms with Crippen molar-refractivity contribution in [3.05, 3.63) is 80.4 Å². The number of hydrogen-bond donors (Lipinski definition) is 1. The van der Waals surface area contributed by atoms with Crippen LogP contribution in [0, 0.1) is 0 Å². The third kappa shape index (κ3) is 4.88. The SMILES string of the molecule is O=C1NC(=S)N(c2cccc(Cl)c2)C(=O)/C1=C/c1cc(Br)c(Sc2ccc(Cl)cc2)o1. The molecule has 3 aromatic rings. The van der Waals surface area contributed by atoms with E-state index in [4.69, 9.17) is 39.8 Å². The van der Waals surface area contributed by atoms with Gasteiger partial charge in [0.15, 0.2) is 10.2 Å². The van der Waals surface area contributed by atoms with Gasteiger partial charge in [-0.1, -0.05) is 41.0 Å². The lowest BCUT2D eigenvalue weighted by atomic mass is 10.1. The highest BCUT2D eigenvalue weighted by molar-refractivity contribution is 9.10. The minimum absolute atomic E-state index is 0.0194. The molecule has 1 saturated heterocycles. The topological polar surface area (TPSA) is 62.6 Å². The molecule has 2 heterocycles. The van der Waals surface area contributed by atoms with E-state index in [9.17, 15) is 9.59 Å². The van der Waals surface area contributed by atoms with Crippen molar-refractivity contribution in [3.8, 4) is 0 Å². The number of thiocarbonyl (C=S) groups is 1. The van der Waals surface area contributed by atoms with Gasteiger partial charge < -0.3 is 4.42 Å². The Labute approximate surface area is 205 Å². The number of amides is 2. The molecule has 0 spiro atoms. The monoisotopic (exact) mass is 552 g/mol. The maximum absolute atomic E-state index is 13.1. The summed E-state index contributed by atoms with van der Waals surface area (Å²) in [6, 6.07) is 15.6. The van der Waals surface area contributed by atoms with E-state index in [0.717, 1.165) is 4.90 Å². The van der Waals surface area contributed by atoms with Gasteiger partial charge in [-0.3, -0.25) is 19.8 Å². The molecule has 1 N–H and O–H groups in total. The van der Waals surface area contributed by atoms with Gasteiger partial charge in [0, 0.05) is 14.9 Å². The second-order valence-corrected chi connectivity index (χ2v) is 9.44. The second kappa shape index (κ2) is 9.18. The van der Waals surface area contributed by atoms with Crippen LogP contribution in [0.1, 0.15) is 5.76 Å². The van der Waals surface area contributed by atoms with Gasteiger partial charge >= 0.3 is 0 Å². The number of carbonyl (C=O) groups excluding carboxylic acids is 2. The largest absolute Gasteiger partial charge is 0.449 e. The van der Waals surface area contributed by atoms with E-state index in [1.54, 1.807) is 42.5 Å². The zero-order valence-corrected chi connectivity index (χ0v) is 20.1. The normalized spacial score (nSPS) is 15.5. The van der Waals surface area contributed by atoms with Crippen LogP contribution in [-0.2, 0) is 9.59 Å². The summed E-state index contributed by atoms with van der Waals surface area (Å²) in [6.07, 6.45) is 1.38. The van der Waals surface area contributed by atoms with Crippen molar-refractivity contribution in [2.45, 2.75) is 9.99 Å². The first-order valence-corrected chi connectivity index (χ1v) is 11.5. The van der Waals surface area contributed by atoms with Crippen LogP contribution >= 0.6 is 63.1 Å². The Hall–Kier alpha value is -2.10. The molecule has 0 unspecified atom stereocenters. The van der Waals surface area contributed by atoms with Gasteiger partial charge in [-0.2, -0.15) is 0 Å². The third-order valence-corrected chi connectivity index (χ3v) is 6.77. The number of benzene rings is 2. The van der Waals surface area contributed by atoms with Crippen LogP contribution in [0.25, 0.3) is 6.08 Å². The van der Waals surface area contributed by atoms with Crippen molar-refractivity contribution in [1.82, 2.24) is 5.32 Å². The van der Waals surface area contributed by atoms with E-state index >= 15 is 0 Å². The highest BCUT2D eigenvalue weighted by atomic mass is 79.9. The number of hydrogen-bond acceptors (Lipinski definition) is 5. The van der Waals surface area contributed by atoms with Gasteiger partial charge in [0.1, 0.15) is 11.3 Å². The fraction of sp³-hybridized carbons (Fsp3) is 0. The molecule has 0 aliphatic carbocycles. The average molecular weight is 554 g/mol. The van der Waals surface area contributed by atoms with Crippen molar-refractivity contribution in [1.29, 1.82) is 0 Å². The first kappa shape index (κ1) is 22.1. The third-order valence-electron chi connectivity index (χ3n) is 4.15. The highest BCUT2D eigenvalue weighted by Gasteiger charge is 2.35. The number of nitrogens with one attached hydrogen (secondary N) is 1. The lowest BCUT2D eigenvalue weighted by Crippen LogP contribution is -2.54. The van der Waals surface area contributed by atoms with Crippen LogP contribution in [0.2, 0.25) is 10.0 Å². The molecule has 156 valence electrons. The zero-order valence-electron chi connectivity index (χ0n) is 15.4. The van der Waals surface area contributed by atoms with Gasteiger partial charge in [0.05, 0.1) is 10.2 Å². The van der Waals surface area contributed by atoms with Gasteiger partial charge in [0.25, 0.3) is 11.8 Å². The van der Waals surface area contributed by atoms with Crippen molar-refractivity contribution < 1.29 is 14.0 Å². The molecule has 10 heteroatoms. The Morgan fingerprint density at radius 2 is 1.81 bits per heavy atom. The summed E-state index contributed by atoms with van der Waals surface area (Å²) >= 11 is 22.0. The van der Waals surface area contributed by atoms with Crippen molar-refractivity contribution in [3.63, 3.8) is 0 Å². The number of anilines is 1. The second-order valence-electron chi connectivity index (χ2n) is 6.28. The number of carbonyl (C=O) groups is 2. The maximum atomic E-state index is 13.1. The Kier molecular flexibility index (Phi) is 6.55. The molecule has 1 aliphatic rings. The molecular formula is C21H11BrCl2N2O3S2. The number of nitrogens with zero attached hydrogens (tertiary/aromatic N) is 1. The first-order valence-electron chi connectivity index (χ1n) is 8.71. The van der Waals surface area contributed by atoms with E-state index < -0.39 is 11.8 Å². The number of rotatable bonds is 4. The molecule has 2 aromatic carbocycles. The fourth-order valence-corrected chi connectivity index (χ4v) is 4.69. The summed E-state index contributed by atoms with van der Waals surface area (Å²) in [5, 5.41) is 4.16. The average Bonchev–Trinajstić information content (AvgIpc) is 3.06. The lowest BCUT2D eigenvalue weighted by molar-refractivity contribution is -0.122. The molecule has 0 atom stereocenters. The minimum atomic E-state index is -0.604. The predicted octanol–water partition coefficient (Wildman–Crippen LogP) is 6.33. The smallest absolute Gasteiger partial charge is 0.270 e. The summed E-state index contributed by atoms with van der Waals surface area (Å²) in [5.74, 6) is -0.844. The Balaban J connectivity index is 1.64. The molecule has 1 fully saturated rings. The number of halogens is 3. The Morgan fingerprint density at radius 3 is 2.52 bits per heavy atom.